The van der Waals surface area contributed by atoms with Gasteiger partial charge < -0.3 is 14.9 Å². The van der Waals surface area contributed by atoms with Crippen LogP contribution in [0.15, 0.2) is 35.0 Å². The molecule has 0 radical (unpaired) electrons. The third kappa shape index (κ3) is 3.71. The van der Waals surface area contributed by atoms with Gasteiger partial charge in [-0.3, -0.25) is 9.59 Å². The molecule has 0 atom stereocenters. The average Bonchev–Trinajstić information content (AvgIpc) is 3.14. The number of aryl methyl sites for hydroxylation is 1. The van der Waals surface area contributed by atoms with Crippen LogP contribution in [0.25, 0.3) is 0 Å². The highest BCUT2D eigenvalue weighted by Crippen LogP contribution is 2.16. The number of aromatic carboxylic acids is 1. The summed E-state index contributed by atoms with van der Waals surface area (Å²) in [7, 11) is 0. The first-order chi connectivity index (χ1) is 12.0. The highest BCUT2D eigenvalue weighted by Gasteiger charge is 2.26. The first-order valence-electron chi connectivity index (χ1n) is 7.91. The van der Waals surface area contributed by atoms with E-state index in [0.29, 0.717) is 37.3 Å². The minimum absolute atomic E-state index is 0.0166. The van der Waals surface area contributed by atoms with Gasteiger partial charge in [-0.1, -0.05) is 0 Å². The van der Waals surface area contributed by atoms with Crippen molar-refractivity contribution in [1.29, 1.82) is 0 Å². The van der Waals surface area contributed by atoms with Crippen LogP contribution in [0.3, 0.4) is 0 Å². The molecule has 1 aliphatic rings. The highest BCUT2D eigenvalue weighted by molar-refractivity contribution is 7.08. The van der Waals surface area contributed by atoms with Crippen LogP contribution in [0.4, 0.5) is 0 Å². The maximum absolute atomic E-state index is 12.7. The van der Waals surface area contributed by atoms with Gasteiger partial charge in [0.25, 0.3) is 11.8 Å². The SMILES string of the molecule is Cc1cc(C(=O)O)cc(C(=O)N2CCN(C(=O)c3ccsc3)CC2)c1. The number of benzene rings is 1. The summed E-state index contributed by atoms with van der Waals surface area (Å²) in [4.78, 5) is 39.6. The summed E-state index contributed by atoms with van der Waals surface area (Å²) in [6.45, 7) is 3.58. The van der Waals surface area contributed by atoms with E-state index in [1.165, 1.54) is 23.5 Å². The Labute approximate surface area is 149 Å². The Bertz CT molecular complexity index is 808. The lowest BCUT2D eigenvalue weighted by molar-refractivity contribution is 0.0535. The van der Waals surface area contributed by atoms with Crippen molar-refractivity contribution in [2.75, 3.05) is 26.2 Å². The number of rotatable bonds is 3. The number of carbonyl (C=O) groups is 3. The van der Waals surface area contributed by atoms with Gasteiger partial charge in [0, 0.05) is 37.1 Å². The fraction of sp³-hybridized carbons (Fsp3) is 0.278. The number of carboxylic acids is 1. The third-order valence-corrected chi connectivity index (χ3v) is 4.88. The van der Waals surface area contributed by atoms with E-state index in [9.17, 15) is 14.4 Å². The Balaban J connectivity index is 1.68. The molecule has 0 aliphatic carbocycles. The number of carbonyl (C=O) groups excluding carboxylic acids is 2. The summed E-state index contributed by atoms with van der Waals surface area (Å²) < 4.78 is 0. The normalized spacial score (nSPS) is 14.4. The van der Waals surface area contributed by atoms with Crippen LogP contribution >= 0.6 is 11.3 Å². The minimum Gasteiger partial charge on any atom is -0.478 e. The second-order valence-corrected chi connectivity index (χ2v) is 6.77. The van der Waals surface area contributed by atoms with Crippen molar-refractivity contribution in [1.82, 2.24) is 9.80 Å². The van der Waals surface area contributed by atoms with Crippen molar-refractivity contribution in [3.63, 3.8) is 0 Å². The van der Waals surface area contributed by atoms with E-state index < -0.39 is 5.97 Å². The molecule has 1 N–H and O–H groups in total. The molecule has 2 heterocycles. The molecule has 0 saturated carbocycles. The Hall–Kier alpha value is -2.67. The van der Waals surface area contributed by atoms with Gasteiger partial charge in [-0.2, -0.15) is 11.3 Å². The van der Waals surface area contributed by atoms with Crippen molar-refractivity contribution < 1.29 is 19.5 Å². The summed E-state index contributed by atoms with van der Waals surface area (Å²) in [6, 6.07) is 6.43. The van der Waals surface area contributed by atoms with Crippen molar-refractivity contribution in [2.45, 2.75) is 6.92 Å². The number of hydrogen-bond donors (Lipinski definition) is 1. The van der Waals surface area contributed by atoms with Gasteiger partial charge in [-0.15, -0.1) is 0 Å². The van der Waals surface area contributed by atoms with Crippen molar-refractivity contribution in [3.8, 4) is 0 Å². The van der Waals surface area contributed by atoms with Crippen molar-refractivity contribution in [2.24, 2.45) is 0 Å². The van der Waals surface area contributed by atoms with Gasteiger partial charge in [0.2, 0.25) is 0 Å². The fourth-order valence-electron chi connectivity index (χ4n) is 2.89. The van der Waals surface area contributed by atoms with Crippen LogP contribution in [-0.2, 0) is 0 Å². The second kappa shape index (κ2) is 7.06. The molecule has 2 aromatic rings. The second-order valence-electron chi connectivity index (χ2n) is 5.99. The minimum atomic E-state index is -1.05. The van der Waals surface area contributed by atoms with E-state index in [2.05, 4.69) is 0 Å². The van der Waals surface area contributed by atoms with Gasteiger partial charge in [0.05, 0.1) is 11.1 Å². The van der Waals surface area contributed by atoms with Crippen LogP contribution in [0.2, 0.25) is 0 Å². The molecule has 0 unspecified atom stereocenters. The maximum Gasteiger partial charge on any atom is 0.335 e. The van der Waals surface area contributed by atoms with Gasteiger partial charge >= 0.3 is 5.97 Å². The number of piperazine rings is 1. The van der Waals surface area contributed by atoms with Gasteiger partial charge in [0.1, 0.15) is 0 Å². The summed E-state index contributed by atoms with van der Waals surface area (Å²) in [5.41, 5.74) is 1.88. The lowest BCUT2D eigenvalue weighted by atomic mass is 10.1. The van der Waals surface area contributed by atoms with Crippen LogP contribution in [0.5, 0.6) is 0 Å². The van der Waals surface area contributed by atoms with Gasteiger partial charge in [-0.25, -0.2) is 4.79 Å². The lowest BCUT2D eigenvalue weighted by Gasteiger charge is -2.34. The molecule has 2 amide bonds. The molecule has 25 heavy (non-hydrogen) atoms. The quantitative estimate of drug-likeness (QED) is 0.914. The van der Waals surface area contributed by atoms with Crippen LogP contribution < -0.4 is 0 Å². The maximum atomic E-state index is 12.7. The smallest absolute Gasteiger partial charge is 0.335 e. The standard InChI is InChI=1S/C18H18N2O4S/c1-12-8-14(10-15(9-12)18(23)24)17(22)20-5-3-19(4-6-20)16(21)13-2-7-25-11-13/h2,7-11H,3-6H2,1H3,(H,23,24). The number of hydrogen-bond acceptors (Lipinski definition) is 4. The molecule has 7 heteroatoms. The van der Waals surface area contributed by atoms with Gasteiger partial charge in [0.15, 0.2) is 0 Å². The zero-order chi connectivity index (χ0) is 18.0. The summed E-state index contributed by atoms with van der Waals surface area (Å²) in [6.07, 6.45) is 0. The van der Waals surface area contributed by atoms with E-state index in [0.717, 1.165) is 5.56 Å². The summed E-state index contributed by atoms with van der Waals surface area (Å²) >= 11 is 1.48. The Kier molecular flexibility index (Phi) is 4.85. The molecule has 6 nitrogen and oxygen atoms in total. The van der Waals surface area contributed by atoms with E-state index in [4.69, 9.17) is 5.11 Å². The van der Waals surface area contributed by atoms with Crippen molar-refractivity contribution >= 4 is 29.1 Å². The monoisotopic (exact) mass is 358 g/mol. The Morgan fingerprint density at radius 3 is 2.00 bits per heavy atom. The summed E-state index contributed by atoms with van der Waals surface area (Å²) in [5, 5.41) is 12.8. The number of carboxylic acid groups (broad SMARTS) is 1. The zero-order valence-corrected chi connectivity index (χ0v) is 14.6. The largest absolute Gasteiger partial charge is 0.478 e. The molecule has 1 aromatic heterocycles. The molecule has 3 rings (SSSR count). The first kappa shape index (κ1) is 17.2. The van der Waals surface area contributed by atoms with E-state index >= 15 is 0 Å². The van der Waals surface area contributed by atoms with Crippen LogP contribution in [0.1, 0.15) is 36.6 Å². The van der Waals surface area contributed by atoms with E-state index in [1.807, 2.05) is 10.8 Å². The molecule has 1 saturated heterocycles. The molecule has 130 valence electrons. The van der Waals surface area contributed by atoms with Crippen LogP contribution in [0, 0.1) is 6.92 Å². The molecule has 1 aliphatic heterocycles. The molecular formula is C18H18N2O4S. The third-order valence-electron chi connectivity index (χ3n) is 4.19. The first-order valence-corrected chi connectivity index (χ1v) is 8.86. The number of thiophene rings is 1. The van der Waals surface area contributed by atoms with E-state index in [-0.39, 0.29) is 17.4 Å². The van der Waals surface area contributed by atoms with E-state index in [1.54, 1.807) is 28.9 Å². The lowest BCUT2D eigenvalue weighted by Crippen LogP contribution is -2.50. The Morgan fingerprint density at radius 1 is 0.920 bits per heavy atom. The predicted octanol–water partition coefficient (Wildman–Crippen LogP) is 2.35. The van der Waals surface area contributed by atoms with Crippen molar-refractivity contribution in [3.05, 3.63) is 57.3 Å². The average molecular weight is 358 g/mol. The molecular weight excluding hydrogens is 340 g/mol. The number of nitrogens with zero attached hydrogens (tertiary/aromatic N) is 2. The topological polar surface area (TPSA) is 77.9 Å². The summed E-state index contributed by atoms with van der Waals surface area (Å²) in [5.74, 6) is -1.27. The van der Waals surface area contributed by atoms with Gasteiger partial charge in [-0.05, 0) is 42.1 Å². The molecule has 0 bridgehead atoms. The predicted molar refractivity (Wildman–Crippen MR) is 94.3 cm³/mol. The number of amides is 2. The molecule has 1 aromatic carbocycles. The zero-order valence-electron chi connectivity index (χ0n) is 13.8. The molecule has 0 spiro atoms. The fourth-order valence-corrected chi connectivity index (χ4v) is 3.52. The highest BCUT2D eigenvalue weighted by atomic mass is 32.1. The molecule has 1 fully saturated rings. The van der Waals surface area contributed by atoms with Crippen LogP contribution in [-0.4, -0.2) is 58.9 Å². The Morgan fingerprint density at radius 2 is 1.48 bits per heavy atom.